The van der Waals surface area contributed by atoms with Crippen LogP contribution in [0.25, 0.3) is 0 Å². The highest BCUT2D eigenvalue weighted by Gasteiger charge is 2.51. The number of allylic oxidation sites excluding steroid dienone is 1. The van der Waals surface area contributed by atoms with Crippen molar-refractivity contribution < 1.29 is 23.9 Å². The molecular formula is C21H25NO5S. The minimum Gasteiger partial charge on any atom is -0.465 e. The Morgan fingerprint density at radius 3 is 2.54 bits per heavy atom. The number of fused-ring (bicyclic) bond motifs is 1. The fourth-order valence-corrected chi connectivity index (χ4v) is 5.06. The number of carbonyl (C=O) groups is 3. The van der Waals surface area contributed by atoms with Gasteiger partial charge in [0.05, 0.1) is 24.7 Å². The van der Waals surface area contributed by atoms with E-state index in [2.05, 4.69) is 4.99 Å². The van der Waals surface area contributed by atoms with Crippen molar-refractivity contribution in [3.05, 3.63) is 33.7 Å². The molecule has 1 aromatic heterocycles. The molecular weight excluding hydrogens is 378 g/mol. The normalized spacial score (nSPS) is 27.1. The number of hydrogen-bond donors (Lipinski definition) is 0. The third kappa shape index (κ3) is 3.55. The van der Waals surface area contributed by atoms with Gasteiger partial charge in [0.1, 0.15) is 5.92 Å². The largest absolute Gasteiger partial charge is 0.465 e. The van der Waals surface area contributed by atoms with Gasteiger partial charge in [0.15, 0.2) is 5.78 Å². The molecule has 0 saturated heterocycles. The molecule has 0 aromatic carbocycles. The average molecular weight is 404 g/mol. The van der Waals surface area contributed by atoms with Gasteiger partial charge in [-0.2, -0.15) is 0 Å². The first-order valence-electron chi connectivity index (χ1n) is 9.59. The minimum atomic E-state index is -0.840. The third-order valence-corrected chi connectivity index (χ3v) is 6.26. The third-order valence-electron chi connectivity index (χ3n) is 5.30. The Bertz CT molecular complexity index is 839. The molecule has 6 nitrogen and oxygen atoms in total. The predicted octanol–water partition coefficient (Wildman–Crippen LogP) is 3.53. The number of esters is 2. The summed E-state index contributed by atoms with van der Waals surface area (Å²) in [6.45, 7) is 7.59. The molecule has 0 bridgehead atoms. The highest BCUT2D eigenvalue weighted by atomic mass is 32.1. The van der Waals surface area contributed by atoms with Crippen LogP contribution in [0.3, 0.4) is 0 Å². The van der Waals surface area contributed by atoms with Crippen molar-refractivity contribution in [1.82, 2.24) is 0 Å². The summed E-state index contributed by atoms with van der Waals surface area (Å²) in [5.41, 5.74) is 1.73. The van der Waals surface area contributed by atoms with Crippen LogP contribution in [0.5, 0.6) is 0 Å². The second kappa shape index (κ2) is 8.39. The Balaban J connectivity index is 2.10. The molecule has 2 aliphatic rings. The van der Waals surface area contributed by atoms with Crippen LogP contribution < -0.4 is 0 Å². The van der Waals surface area contributed by atoms with Crippen molar-refractivity contribution in [1.29, 1.82) is 0 Å². The highest BCUT2D eigenvalue weighted by Crippen LogP contribution is 2.46. The Labute approximate surface area is 168 Å². The Morgan fingerprint density at radius 1 is 1.21 bits per heavy atom. The lowest BCUT2D eigenvalue weighted by Gasteiger charge is -2.39. The van der Waals surface area contributed by atoms with Crippen molar-refractivity contribution in [2.75, 3.05) is 13.2 Å². The predicted molar refractivity (Wildman–Crippen MR) is 106 cm³/mol. The summed E-state index contributed by atoms with van der Waals surface area (Å²) >= 11 is 1.48. The molecule has 1 saturated carbocycles. The molecule has 0 N–H and O–H groups in total. The zero-order chi connectivity index (χ0) is 20.4. The van der Waals surface area contributed by atoms with Crippen molar-refractivity contribution in [3.8, 4) is 0 Å². The SMILES string of the molecule is CCOC(=O)C1=C(C)N=C2C[C@H](C)[C@@H](C(=O)OCC)C(=O)C2[C@@H]1c1cccs1. The lowest BCUT2D eigenvalue weighted by molar-refractivity contribution is -0.154. The summed E-state index contributed by atoms with van der Waals surface area (Å²) in [7, 11) is 0. The molecule has 1 aliphatic heterocycles. The molecule has 28 heavy (non-hydrogen) atoms. The van der Waals surface area contributed by atoms with Crippen LogP contribution in [-0.4, -0.2) is 36.6 Å². The maximum absolute atomic E-state index is 13.5. The number of aliphatic imine (C=N–C) groups is 1. The lowest BCUT2D eigenvalue weighted by atomic mass is 9.65. The number of carbonyl (C=O) groups excluding carboxylic acids is 3. The summed E-state index contributed by atoms with van der Waals surface area (Å²) in [6.07, 6.45) is 0.523. The lowest BCUT2D eigenvalue weighted by Crippen LogP contribution is -2.48. The zero-order valence-corrected chi connectivity index (χ0v) is 17.4. The molecule has 1 unspecified atom stereocenters. The summed E-state index contributed by atoms with van der Waals surface area (Å²) in [4.78, 5) is 44.2. The summed E-state index contributed by atoms with van der Waals surface area (Å²) in [5, 5.41) is 1.91. The Hall–Kier alpha value is -2.28. The molecule has 0 spiro atoms. The first-order chi connectivity index (χ1) is 13.4. The van der Waals surface area contributed by atoms with E-state index in [1.165, 1.54) is 11.3 Å². The molecule has 1 fully saturated rings. The van der Waals surface area contributed by atoms with E-state index in [0.717, 1.165) is 10.6 Å². The quantitative estimate of drug-likeness (QED) is 0.555. The second-order valence-corrected chi connectivity index (χ2v) is 8.09. The van der Waals surface area contributed by atoms with Gasteiger partial charge in [0.25, 0.3) is 0 Å². The van der Waals surface area contributed by atoms with E-state index in [1.807, 2.05) is 24.4 Å². The monoisotopic (exact) mass is 403 g/mol. The first kappa shape index (κ1) is 20.5. The van der Waals surface area contributed by atoms with Gasteiger partial charge in [-0.05, 0) is 44.6 Å². The number of thiophene rings is 1. The van der Waals surface area contributed by atoms with Crippen LogP contribution in [0.2, 0.25) is 0 Å². The maximum atomic E-state index is 13.5. The van der Waals surface area contributed by atoms with E-state index in [0.29, 0.717) is 17.7 Å². The molecule has 4 atom stereocenters. The molecule has 3 rings (SSSR count). The number of nitrogens with zero attached hydrogens (tertiary/aromatic N) is 1. The van der Waals surface area contributed by atoms with E-state index >= 15 is 0 Å². The fraction of sp³-hybridized carbons (Fsp3) is 0.524. The van der Waals surface area contributed by atoms with Crippen LogP contribution in [-0.2, 0) is 23.9 Å². The highest BCUT2D eigenvalue weighted by molar-refractivity contribution is 7.10. The van der Waals surface area contributed by atoms with E-state index < -0.39 is 29.7 Å². The molecule has 1 aromatic rings. The number of rotatable bonds is 5. The standard InChI is InChI=1S/C21H25NO5S/c1-5-26-20(24)15-11(3)10-13-17(19(15)23)18(14-8-7-9-28-14)16(12(4)22-13)21(25)27-6-2/h7-9,11,15,17-18H,5-6,10H2,1-4H3/t11-,15+,17?,18+/m0/s1. The van der Waals surface area contributed by atoms with Gasteiger partial charge < -0.3 is 9.47 Å². The zero-order valence-electron chi connectivity index (χ0n) is 16.6. The van der Waals surface area contributed by atoms with Crippen molar-refractivity contribution in [2.45, 2.75) is 40.0 Å². The van der Waals surface area contributed by atoms with Crippen LogP contribution in [0, 0.1) is 17.8 Å². The van der Waals surface area contributed by atoms with Gasteiger partial charge in [-0.25, -0.2) is 4.79 Å². The van der Waals surface area contributed by atoms with Crippen LogP contribution in [0.1, 0.15) is 44.9 Å². The van der Waals surface area contributed by atoms with Gasteiger partial charge in [-0.3, -0.25) is 14.6 Å². The van der Waals surface area contributed by atoms with Gasteiger partial charge in [-0.1, -0.05) is 13.0 Å². The average Bonchev–Trinajstić information content (AvgIpc) is 3.15. The number of ether oxygens (including phenoxy) is 2. The van der Waals surface area contributed by atoms with Gasteiger partial charge >= 0.3 is 11.9 Å². The second-order valence-electron chi connectivity index (χ2n) is 7.11. The smallest absolute Gasteiger partial charge is 0.336 e. The fourth-order valence-electron chi connectivity index (χ4n) is 4.19. The van der Waals surface area contributed by atoms with E-state index in [4.69, 9.17) is 9.47 Å². The molecule has 0 amide bonds. The van der Waals surface area contributed by atoms with Gasteiger partial charge in [0, 0.05) is 22.2 Å². The first-order valence-corrected chi connectivity index (χ1v) is 10.5. The maximum Gasteiger partial charge on any atom is 0.336 e. The molecule has 0 radical (unpaired) electrons. The van der Waals surface area contributed by atoms with Gasteiger partial charge in [0.2, 0.25) is 0 Å². The Kier molecular flexibility index (Phi) is 6.13. The van der Waals surface area contributed by atoms with Crippen molar-refractivity contribution in [2.24, 2.45) is 22.7 Å². The molecule has 2 heterocycles. The number of hydrogen-bond acceptors (Lipinski definition) is 7. The number of ketones is 1. The van der Waals surface area contributed by atoms with E-state index in [-0.39, 0.29) is 24.9 Å². The van der Waals surface area contributed by atoms with Crippen molar-refractivity contribution >= 4 is 34.8 Å². The summed E-state index contributed by atoms with van der Waals surface area (Å²) in [6, 6.07) is 3.80. The summed E-state index contributed by atoms with van der Waals surface area (Å²) < 4.78 is 10.4. The Morgan fingerprint density at radius 2 is 1.93 bits per heavy atom. The van der Waals surface area contributed by atoms with E-state index in [1.54, 1.807) is 20.8 Å². The molecule has 7 heteroatoms. The molecule has 1 aliphatic carbocycles. The number of Topliss-reactive ketones (excluding diaryl/α,β-unsaturated/α-hetero) is 1. The van der Waals surface area contributed by atoms with Crippen LogP contribution >= 0.6 is 11.3 Å². The topological polar surface area (TPSA) is 82.0 Å². The molecule has 150 valence electrons. The van der Waals surface area contributed by atoms with Crippen LogP contribution in [0.15, 0.2) is 33.8 Å². The van der Waals surface area contributed by atoms with E-state index in [9.17, 15) is 14.4 Å². The van der Waals surface area contributed by atoms with Crippen molar-refractivity contribution in [3.63, 3.8) is 0 Å². The van der Waals surface area contributed by atoms with Crippen LogP contribution in [0.4, 0.5) is 0 Å². The van der Waals surface area contributed by atoms with Gasteiger partial charge in [-0.15, -0.1) is 11.3 Å². The minimum absolute atomic E-state index is 0.192. The summed E-state index contributed by atoms with van der Waals surface area (Å²) in [5.74, 6) is -3.33.